The van der Waals surface area contributed by atoms with Crippen molar-refractivity contribution in [3.05, 3.63) is 0 Å². The molecule has 1 heterocycles. The minimum atomic E-state index is -0.160. The molecule has 17 heavy (non-hydrogen) atoms. The van der Waals surface area contributed by atoms with Gasteiger partial charge in [-0.1, -0.05) is 6.92 Å². The Hall–Kier alpha value is -0.610. The summed E-state index contributed by atoms with van der Waals surface area (Å²) >= 11 is 0. The van der Waals surface area contributed by atoms with Crippen LogP contribution in [0.25, 0.3) is 0 Å². The van der Waals surface area contributed by atoms with E-state index in [-0.39, 0.29) is 11.7 Å². The van der Waals surface area contributed by atoms with Gasteiger partial charge in [-0.3, -0.25) is 10.1 Å². The van der Waals surface area contributed by atoms with Crippen LogP contribution in [0, 0.1) is 0 Å². The van der Waals surface area contributed by atoms with E-state index >= 15 is 0 Å². The highest BCUT2D eigenvalue weighted by Crippen LogP contribution is 2.43. The molecular weight excluding hydrogens is 214 g/mol. The normalized spacial score (nSPS) is 28.2. The standard InChI is InChI=1S/C13H25N3O/c1-5-11-14-13(7-8-13)12(17)16(11)10(2)6-9-15(3)4/h10-11,14H,5-9H2,1-4H3. The monoisotopic (exact) mass is 239 g/mol. The van der Waals surface area contributed by atoms with Crippen molar-refractivity contribution in [2.45, 2.75) is 57.3 Å². The van der Waals surface area contributed by atoms with Crippen LogP contribution in [0.1, 0.15) is 39.5 Å². The Balaban J connectivity index is 2.00. The van der Waals surface area contributed by atoms with E-state index in [4.69, 9.17) is 0 Å². The van der Waals surface area contributed by atoms with E-state index in [9.17, 15) is 4.79 Å². The van der Waals surface area contributed by atoms with Crippen molar-refractivity contribution in [1.29, 1.82) is 0 Å². The van der Waals surface area contributed by atoms with E-state index < -0.39 is 0 Å². The minimum Gasteiger partial charge on any atom is -0.323 e. The summed E-state index contributed by atoms with van der Waals surface area (Å²) in [7, 11) is 4.16. The van der Waals surface area contributed by atoms with Gasteiger partial charge < -0.3 is 9.80 Å². The number of nitrogens with zero attached hydrogens (tertiary/aromatic N) is 2. The first-order valence-corrected chi connectivity index (χ1v) is 6.75. The molecule has 1 N–H and O–H groups in total. The van der Waals surface area contributed by atoms with Gasteiger partial charge in [0.2, 0.25) is 5.91 Å². The van der Waals surface area contributed by atoms with Gasteiger partial charge in [-0.2, -0.15) is 0 Å². The summed E-state index contributed by atoms with van der Waals surface area (Å²) in [6, 6.07) is 0.335. The van der Waals surface area contributed by atoms with Gasteiger partial charge in [-0.25, -0.2) is 0 Å². The van der Waals surface area contributed by atoms with Crippen LogP contribution in [0.5, 0.6) is 0 Å². The topological polar surface area (TPSA) is 35.6 Å². The van der Waals surface area contributed by atoms with Crippen LogP contribution in [0.3, 0.4) is 0 Å². The third-order valence-electron chi connectivity index (χ3n) is 4.03. The SMILES string of the molecule is CCC1NC2(CC2)C(=O)N1C(C)CCN(C)C. The quantitative estimate of drug-likeness (QED) is 0.778. The third-order valence-corrected chi connectivity index (χ3v) is 4.03. The summed E-state index contributed by atoms with van der Waals surface area (Å²) in [5.41, 5.74) is -0.160. The van der Waals surface area contributed by atoms with Crippen molar-refractivity contribution in [2.24, 2.45) is 0 Å². The lowest BCUT2D eigenvalue weighted by Gasteiger charge is -2.30. The van der Waals surface area contributed by atoms with Gasteiger partial charge >= 0.3 is 0 Å². The molecule has 1 saturated heterocycles. The van der Waals surface area contributed by atoms with Gasteiger partial charge in [-0.15, -0.1) is 0 Å². The minimum absolute atomic E-state index is 0.160. The lowest BCUT2D eigenvalue weighted by molar-refractivity contribution is -0.132. The Kier molecular flexibility index (Phi) is 3.46. The Morgan fingerprint density at radius 3 is 2.65 bits per heavy atom. The summed E-state index contributed by atoms with van der Waals surface area (Å²) in [4.78, 5) is 16.7. The second-order valence-electron chi connectivity index (χ2n) is 5.80. The zero-order valence-electron chi connectivity index (χ0n) is 11.5. The number of carbonyl (C=O) groups is 1. The molecule has 4 nitrogen and oxygen atoms in total. The predicted octanol–water partition coefficient (Wildman–Crippen LogP) is 1.03. The molecule has 2 unspecified atom stereocenters. The molecule has 1 amide bonds. The second-order valence-corrected chi connectivity index (χ2v) is 5.80. The fourth-order valence-electron chi connectivity index (χ4n) is 2.71. The highest BCUT2D eigenvalue weighted by Gasteiger charge is 2.59. The molecular formula is C13H25N3O. The van der Waals surface area contributed by atoms with Gasteiger partial charge in [-0.05, 0) is 53.2 Å². The number of hydrogen-bond donors (Lipinski definition) is 1. The number of hydrogen-bond acceptors (Lipinski definition) is 3. The molecule has 4 heteroatoms. The molecule has 1 aliphatic heterocycles. The second kappa shape index (κ2) is 4.58. The smallest absolute Gasteiger partial charge is 0.244 e. The highest BCUT2D eigenvalue weighted by atomic mass is 16.2. The van der Waals surface area contributed by atoms with Crippen molar-refractivity contribution in [3.8, 4) is 0 Å². The van der Waals surface area contributed by atoms with Gasteiger partial charge in [0.05, 0.1) is 11.7 Å². The fourth-order valence-corrected chi connectivity index (χ4v) is 2.71. The fraction of sp³-hybridized carbons (Fsp3) is 0.923. The Bertz CT molecular complexity index is 299. The zero-order chi connectivity index (χ0) is 12.6. The molecule has 0 radical (unpaired) electrons. The molecule has 1 spiro atoms. The molecule has 1 aliphatic carbocycles. The molecule has 0 aromatic rings. The maximum Gasteiger partial charge on any atom is 0.244 e. The van der Waals surface area contributed by atoms with E-state index in [1.165, 1.54) is 0 Å². The van der Waals surface area contributed by atoms with Gasteiger partial charge in [0.1, 0.15) is 0 Å². The largest absolute Gasteiger partial charge is 0.323 e. The van der Waals surface area contributed by atoms with Crippen LogP contribution in [0.4, 0.5) is 0 Å². The molecule has 0 aromatic carbocycles. The van der Waals surface area contributed by atoms with Crippen molar-refractivity contribution in [3.63, 3.8) is 0 Å². The van der Waals surface area contributed by atoms with E-state index in [1.54, 1.807) is 0 Å². The summed E-state index contributed by atoms with van der Waals surface area (Å²) in [6.45, 7) is 5.36. The Morgan fingerprint density at radius 1 is 1.53 bits per heavy atom. The lowest BCUT2D eigenvalue weighted by atomic mass is 10.1. The molecule has 98 valence electrons. The van der Waals surface area contributed by atoms with Crippen molar-refractivity contribution in [1.82, 2.24) is 15.1 Å². The van der Waals surface area contributed by atoms with Gasteiger partial charge in [0.25, 0.3) is 0 Å². The molecule has 2 aliphatic rings. The number of amides is 1. The average Bonchev–Trinajstić information content (AvgIpc) is 2.99. The van der Waals surface area contributed by atoms with Crippen molar-refractivity contribution in [2.75, 3.05) is 20.6 Å². The molecule has 0 aromatic heterocycles. The summed E-state index contributed by atoms with van der Waals surface area (Å²) < 4.78 is 0. The number of nitrogens with one attached hydrogen (secondary N) is 1. The average molecular weight is 239 g/mol. The van der Waals surface area contributed by atoms with Crippen LogP contribution in [-0.4, -0.2) is 54.1 Å². The first-order valence-electron chi connectivity index (χ1n) is 6.75. The molecule has 2 atom stereocenters. The van der Waals surface area contributed by atoms with E-state index in [0.29, 0.717) is 11.9 Å². The Morgan fingerprint density at radius 2 is 2.18 bits per heavy atom. The highest BCUT2D eigenvalue weighted by molar-refractivity contribution is 5.92. The van der Waals surface area contributed by atoms with E-state index in [2.05, 4.69) is 43.1 Å². The van der Waals surface area contributed by atoms with Crippen LogP contribution in [0.15, 0.2) is 0 Å². The van der Waals surface area contributed by atoms with Gasteiger partial charge in [0, 0.05) is 6.04 Å². The summed E-state index contributed by atoms with van der Waals surface area (Å²) in [5, 5.41) is 3.52. The van der Waals surface area contributed by atoms with Crippen LogP contribution in [-0.2, 0) is 4.79 Å². The first kappa shape index (κ1) is 12.8. The van der Waals surface area contributed by atoms with Crippen LogP contribution >= 0.6 is 0 Å². The molecule has 2 rings (SSSR count). The Labute approximate surface area is 104 Å². The zero-order valence-corrected chi connectivity index (χ0v) is 11.5. The van der Waals surface area contributed by atoms with Crippen molar-refractivity contribution >= 4 is 5.91 Å². The third kappa shape index (κ3) is 2.33. The maximum absolute atomic E-state index is 12.4. The molecule has 0 bridgehead atoms. The van der Waals surface area contributed by atoms with E-state index in [1.807, 2.05) is 0 Å². The number of carbonyl (C=O) groups excluding carboxylic acids is 1. The van der Waals surface area contributed by atoms with Crippen LogP contribution < -0.4 is 5.32 Å². The lowest BCUT2D eigenvalue weighted by Crippen LogP contribution is -2.44. The summed E-state index contributed by atoms with van der Waals surface area (Å²) in [5.74, 6) is 0.343. The first-order chi connectivity index (χ1) is 8.00. The molecule has 2 fully saturated rings. The molecule has 1 saturated carbocycles. The van der Waals surface area contributed by atoms with Crippen molar-refractivity contribution < 1.29 is 4.79 Å². The number of rotatable bonds is 5. The summed E-state index contributed by atoms with van der Waals surface area (Å²) in [6.07, 6.45) is 4.35. The van der Waals surface area contributed by atoms with Gasteiger partial charge in [0.15, 0.2) is 0 Å². The van der Waals surface area contributed by atoms with E-state index in [0.717, 1.165) is 32.2 Å². The predicted molar refractivity (Wildman–Crippen MR) is 68.7 cm³/mol. The van der Waals surface area contributed by atoms with Crippen LogP contribution in [0.2, 0.25) is 0 Å². The maximum atomic E-state index is 12.4.